The van der Waals surface area contributed by atoms with Gasteiger partial charge in [-0.1, -0.05) is 28.1 Å². The second-order valence-electron chi connectivity index (χ2n) is 4.41. The van der Waals surface area contributed by atoms with Gasteiger partial charge in [0.15, 0.2) is 0 Å². The molecule has 0 aliphatic rings. The van der Waals surface area contributed by atoms with Gasteiger partial charge >= 0.3 is 5.97 Å². The van der Waals surface area contributed by atoms with Crippen LogP contribution in [0.4, 0.5) is 5.69 Å². The van der Waals surface area contributed by atoms with E-state index in [1.165, 1.54) is 31.4 Å². The minimum atomic E-state index is -0.681. The van der Waals surface area contributed by atoms with E-state index in [2.05, 4.69) is 20.7 Å². The van der Waals surface area contributed by atoms with Crippen LogP contribution in [0.5, 0.6) is 5.75 Å². The van der Waals surface area contributed by atoms with Crippen molar-refractivity contribution in [2.75, 3.05) is 7.11 Å². The maximum atomic E-state index is 11.8. The number of methoxy groups -OCH3 is 1. The van der Waals surface area contributed by atoms with Crippen LogP contribution in [0.3, 0.4) is 0 Å². The Morgan fingerprint density at radius 2 is 1.91 bits per heavy atom. The molecule has 0 unspecified atom stereocenters. The highest BCUT2D eigenvalue weighted by atomic mass is 79.9. The van der Waals surface area contributed by atoms with Gasteiger partial charge < -0.3 is 9.47 Å². The summed E-state index contributed by atoms with van der Waals surface area (Å²) in [6.07, 6.45) is 1.39. The highest BCUT2D eigenvalue weighted by Crippen LogP contribution is 2.21. The van der Waals surface area contributed by atoms with Crippen LogP contribution in [-0.4, -0.2) is 18.0 Å². The third-order valence-corrected chi connectivity index (χ3v) is 3.34. The third kappa shape index (κ3) is 4.65. The van der Waals surface area contributed by atoms with Crippen LogP contribution in [0.25, 0.3) is 6.08 Å². The maximum absolute atomic E-state index is 11.8. The molecule has 118 valence electrons. The molecular weight excluding hydrogens is 366 g/mol. The molecule has 0 saturated carbocycles. The number of carbonyl (C=O) groups excluding carboxylic acids is 1. The van der Waals surface area contributed by atoms with Crippen molar-refractivity contribution in [1.29, 1.82) is 0 Å². The fourth-order valence-corrected chi connectivity index (χ4v) is 2.00. The molecule has 0 aromatic heterocycles. The first-order chi connectivity index (χ1) is 11.0. The third-order valence-electron chi connectivity index (χ3n) is 2.81. The first kappa shape index (κ1) is 16.7. The summed E-state index contributed by atoms with van der Waals surface area (Å²) < 4.78 is 11.1. The second kappa shape index (κ2) is 7.55. The quantitative estimate of drug-likeness (QED) is 0.259. The number of benzene rings is 2. The number of halogens is 1. The summed E-state index contributed by atoms with van der Waals surface area (Å²) >= 11 is 3.30. The number of hydrogen-bond donors (Lipinski definition) is 0. The van der Waals surface area contributed by atoms with Crippen LogP contribution in [0, 0.1) is 10.1 Å². The van der Waals surface area contributed by atoms with Gasteiger partial charge in [0, 0.05) is 16.6 Å². The van der Waals surface area contributed by atoms with E-state index < -0.39 is 10.9 Å². The standard InChI is InChI=1S/C16H12BrNO5/c1-22-16(19)15(23-14-7-5-12(17)6-8-14)10-11-3-2-4-13(9-11)18(20)21/h2-10H,1H3/b15-10-. The number of nitro groups is 1. The molecule has 0 N–H and O–H groups in total. The van der Waals surface area contributed by atoms with Gasteiger partial charge in [0.25, 0.3) is 5.69 Å². The van der Waals surface area contributed by atoms with Crippen LogP contribution < -0.4 is 4.74 Å². The van der Waals surface area contributed by atoms with Crippen molar-refractivity contribution in [3.05, 3.63) is 74.4 Å². The predicted octanol–water partition coefficient (Wildman–Crippen LogP) is 3.95. The average Bonchev–Trinajstić information content (AvgIpc) is 2.55. The summed E-state index contributed by atoms with van der Waals surface area (Å²) in [5.74, 6) is -0.315. The number of non-ortho nitro benzene ring substituents is 1. The van der Waals surface area contributed by atoms with Crippen molar-refractivity contribution in [3.63, 3.8) is 0 Å². The van der Waals surface area contributed by atoms with E-state index in [1.54, 1.807) is 30.3 Å². The molecule has 0 radical (unpaired) electrons. The average molecular weight is 378 g/mol. The fourth-order valence-electron chi connectivity index (χ4n) is 1.74. The van der Waals surface area contributed by atoms with Crippen LogP contribution in [0.2, 0.25) is 0 Å². The van der Waals surface area contributed by atoms with E-state index in [4.69, 9.17) is 4.74 Å². The van der Waals surface area contributed by atoms with Crippen molar-refractivity contribution >= 4 is 33.7 Å². The zero-order valence-electron chi connectivity index (χ0n) is 12.1. The summed E-state index contributed by atoms with van der Waals surface area (Å²) in [6, 6.07) is 12.7. The van der Waals surface area contributed by atoms with Gasteiger partial charge in [-0.05, 0) is 35.9 Å². The minimum absolute atomic E-state index is 0.0738. The Hall–Kier alpha value is -2.67. The maximum Gasteiger partial charge on any atom is 0.373 e. The van der Waals surface area contributed by atoms with Gasteiger partial charge in [0.1, 0.15) is 5.75 Å². The van der Waals surface area contributed by atoms with Gasteiger partial charge in [-0.25, -0.2) is 4.79 Å². The smallest absolute Gasteiger partial charge is 0.373 e. The summed E-state index contributed by atoms with van der Waals surface area (Å²) in [7, 11) is 1.23. The van der Waals surface area contributed by atoms with E-state index in [9.17, 15) is 14.9 Å². The Morgan fingerprint density at radius 3 is 2.52 bits per heavy atom. The van der Waals surface area contributed by atoms with E-state index in [-0.39, 0.29) is 11.4 Å². The lowest BCUT2D eigenvalue weighted by Crippen LogP contribution is -2.10. The normalized spacial score (nSPS) is 11.0. The summed E-state index contributed by atoms with van der Waals surface area (Å²) in [5, 5.41) is 10.8. The summed E-state index contributed by atoms with van der Waals surface area (Å²) in [6.45, 7) is 0. The number of rotatable bonds is 5. The molecule has 2 aromatic rings. The Kier molecular flexibility index (Phi) is 5.48. The van der Waals surface area contributed by atoms with Crippen molar-refractivity contribution in [2.24, 2.45) is 0 Å². The largest absolute Gasteiger partial charge is 0.463 e. The molecular formula is C16H12BrNO5. The first-order valence-electron chi connectivity index (χ1n) is 6.47. The molecule has 0 aliphatic heterocycles. The van der Waals surface area contributed by atoms with Gasteiger partial charge in [0.2, 0.25) is 5.76 Å². The molecule has 0 heterocycles. The Bertz CT molecular complexity index is 755. The molecule has 0 bridgehead atoms. The highest BCUT2D eigenvalue weighted by molar-refractivity contribution is 9.10. The second-order valence-corrected chi connectivity index (χ2v) is 5.32. The zero-order chi connectivity index (χ0) is 16.8. The van der Waals surface area contributed by atoms with E-state index >= 15 is 0 Å². The molecule has 2 aromatic carbocycles. The van der Waals surface area contributed by atoms with Crippen molar-refractivity contribution in [1.82, 2.24) is 0 Å². The lowest BCUT2D eigenvalue weighted by molar-refractivity contribution is -0.384. The Labute approximate surface area is 140 Å². The molecule has 0 spiro atoms. The molecule has 23 heavy (non-hydrogen) atoms. The van der Waals surface area contributed by atoms with E-state index in [0.29, 0.717) is 11.3 Å². The lowest BCUT2D eigenvalue weighted by Gasteiger charge is -2.08. The number of nitro benzene ring substituents is 1. The fraction of sp³-hybridized carbons (Fsp3) is 0.0625. The number of ether oxygens (including phenoxy) is 2. The van der Waals surface area contributed by atoms with Gasteiger partial charge in [-0.3, -0.25) is 10.1 Å². The van der Waals surface area contributed by atoms with Crippen molar-refractivity contribution in [2.45, 2.75) is 0 Å². The van der Waals surface area contributed by atoms with E-state index in [1.807, 2.05) is 0 Å². The molecule has 0 saturated heterocycles. The number of esters is 1. The van der Waals surface area contributed by atoms with Crippen molar-refractivity contribution < 1.29 is 19.2 Å². The SMILES string of the molecule is COC(=O)/C(=C/c1cccc([N+](=O)[O-])c1)Oc1ccc(Br)cc1. The Balaban J connectivity index is 2.34. The van der Waals surface area contributed by atoms with Crippen molar-refractivity contribution in [3.8, 4) is 5.75 Å². The molecule has 0 amide bonds. The molecule has 6 nitrogen and oxygen atoms in total. The number of nitrogens with zero attached hydrogens (tertiary/aromatic N) is 1. The monoisotopic (exact) mass is 377 g/mol. The molecule has 7 heteroatoms. The Morgan fingerprint density at radius 1 is 1.22 bits per heavy atom. The topological polar surface area (TPSA) is 78.7 Å². The highest BCUT2D eigenvalue weighted by Gasteiger charge is 2.14. The van der Waals surface area contributed by atoms with Crippen LogP contribution in [-0.2, 0) is 9.53 Å². The predicted molar refractivity (Wildman–Crippen MR) is 87.9 cm³/mol. The van der Waals surface area contributed by atoms with Gasteiger partial charge in [-0.15, -0.1) is 0 Å². The number of hydrogen-bond acceptors (Lipinski definition) is 5. The summed E-state index contributed by atoms with van der Waals surface area (Å²) in [4.78, 5) is 22.1. The van der Waals surface area contributed by atoms with Gasteiger partial charge in [0.05, 0.1) is 12.0 Å². The van der Waals surface area contributed by atoms with Crippen LogP contribution in [0.1, 0.15) is 5.56 Å². The first-order valence-corrected chi connectivity index (χ1v) is 7.27. The molecule has 0 aliphatic carbocycles. The number of carbonyl (C=O) groups is 1. The van der Waals surface area contributed by atoms with Gasteiger partial charge in [-0.2, -0.15) is 0 Å². The minimum Gasteiger partial charge on any atom is -0.463 e. The van der Waals surface area contributed by atoms with Crippen LogP contribution in [0.15, 0.2) is 58.8 Å². The molecule has 0 atom stereocenters. The van der Waals surface area contributed by atoms with E-state index in [0.717, 1.165) is 4.47 Å². The van der Waals surface area contributed by atoms with Crippen LogP contribution >= 0.6 is 15.9 Å². The summed E-state index contributed by atoms with van der Waals surface area (Å²) in [5.41, 5.74) is 0.378. The molecule has 2 rings (SSSR count). The molecule has 0 fully saturated rings. The zero-order valence-corrected chi connectivity index (χ0v) is 13.6. The lowest BCUT2D eigenvalue weighted by atomic mass is 10.2.